The number of nitrogens with one attached hydrogen (secondary N) is 1. The first-order chi connectivity index (χ1) is 14.5. The molecule has 0 radical (unpaired) electrons. The lowest BCUT2D eigenvalue weighted by atomic mass is 9.78. The summed E-state index contributed by atoms with van der Waals surface area (Å²) in [6.45, 7) is 5.50. The van der Waals surface area contributed by atoms with Gasteiger partial charge in [-0.05, 0) is 39.9 Å². The van der Waals surface area contributed by atoms with Gasteiger partial charge in [0.2, 0.25) is 0 Å². The molecule has 0 aliphatic rings. The Balaban J connectivity index is 1.72. The molecule has 30 heavy (non-hydrogen) atoms. The lowest BCUT2D eigenvalue weighted by Crippen LogP contribution is -2.23. The summed E-state index contributed by atoms with van der Waals surface area (Å²) in [4.78, 5) is 2.92. The monoisotopic (exact) mass is 400 g/mol. The van der Waals surface area contributed by atoms with E-state index in [2.05, 4.69) is 77.7 Å². The van der Waals surface area contributed by atoms with E-state index in [1.54, 1.807) is 7.11 Å². The second kappa shape index (κ2) is 9.97. The zero-order valence-electron chi connectivity index (χ0n) is 17.7. The van der Waals surface area contributed by atoms with Crippen molar-refractivity contribution in [3.8, 4) is 5.75 Å². The Kier molecular flexibility index (Phi) is 7.12. The van der Waals surface area contributed by atoms with Crippen molar-refractivity contribution < 1.29 is 4.74 Å². The van der Waals surface area contributed by atoms with Crippen LogP contribution in [0, 0.1) is 0 Å². The van der Waals surface area contributed by atoms with Gasteiger partial charge in [0, 0.05) is 29.5 Å². The highest BCUT2D eigenvalue weighted by atomic mass is 16.5. The van der Waals surface area contributed by atoms with E-state index in [1.165, 1.54) is 16.7 Å². The minimum atomic E-state index is -0.0866. The van der Waals surface area contributed by atoms with Crippen LogP contribution >= 0.6 is 0 Å². The van der Waals surface area contributed by atoms with Gasteiger partial charge in [-0.15, -0.1) is 0 Å². The first-order valence-corrected chi connectivity index (χ1v) is 10.1. The fourth-order valence-corrected chi connectivity index (χ4v) is 3.57. The number of benzene rings is 3. The second-order valence-corrected chi connectivity index (χ2v) is 7.81. The SMILES string of the molecule is COc1cccc([C@H](CN=[N+]=[N-])NCc2ccc(C(C)(C)c3ccccc3)cc2)c1. The van der Waals surface area contributed by atoms with Gasteiger partial charge in [-0.3, -0.25) is 0 Å². The minimum Gasteiger partial charge on any atom is -0.497 e. The highest BCUT2D eigenvalue weighted by Gasteiger charge is 2.22. The minimum absolute atomic E-state index is 0.0577. The van der Waals surface area contributed by atoms with Gasteiger partial charge in [-0.25, -0.2) is 0 Å². The predicted molar refractivity (Wildman–Crippen MR) is 122 cm³/mol. The molecule has 1 N–H and O–H groups in total. The Morgan fingerprint density at radius 3 is 2.33 bits per heavy atom. The molecule has 0 amide bonds. The lowest BCUT2D eigenvalue weighted by Gasteiger charge is -2.26. The van der Waals surface area contributed by atoms with Crippen molar-refractivity contribution in [2.75, 3.05) is 13.7 Å². The van der Waals surface area contributed by atoms with Gasteiger partial charge in [-0.2, -0.15) is 0 Å². The van der Waals surface area contributed by atoms with Crippen LogP contribution in [0.25, 0.3) is 10.4 Å². The van der Waals surface area contributed by atoms with E-state index in [1.807, 2.05) is 30.3 Å². The molecule has 0 saturated heterocycles. The molecule has 154 valence electrons. The van der Waals surface area contributed by atoms with Crippen molar-refractivity contribution in [1.29, 1.82) is 0 Å². The van der Waals surface area contributed by atoms with Crippen molar-refractivity contribution in [2.24, 2.45) is 5.11 Å². The molecule has 0 heterocycles. The second-order valence-electron chi connectivity index (χ2n) is 7.81. The third-order valence-electron chi connectivity index (χ3n) is 5.55. The summed E-state index contributed by atoms with van der Waals surface area (Å²) < 4.78 is 5.32. The van der Waals surface area contributed by atoms with E-state index < -0.39 is 0 Å². The number of methoxy groups -OCH3 is 1. The normalized spacial score (nSPS) is 12.1. The average molecular weight is 401 g/mol. The quantitative estimate of drug-likeness (QED) is 0.265. The van der Waals surface area contributed by atoms with Crippen LogP contribution in [-0.2, 0) is 12.0 Å². The molecule has 5 nitrogen and oxygen atoms in total. The standard InChI is InChI=1S/C25H28N4O/c1-25(2,21-9-5-4-6-10-21)22-14-12-19(13-15-22)17-27-24(18-28-29-26)20-8-7-11-23(16-20)30-3/h4-16,24,27H,17-18H2,1-3H3/t24-/m0/s1. The third kappa shape index (κ3) is 5.20. The zero-order valence-corrected chi connectivity index (χ0v) is 17.7. The van der Waals surface area contributed by atoms with Crippen LogP contribution in [0.15, 0.2) is 84.0 Å². The van der Waals surface area contributed by atoms with E-state index in [0.29, 0.717) is 13.1 Å². The third-order valence-corrected chi connectivity index (χ3v) is 5.55. The molecular weight excluding hydrogens is 372 g/mol. The van der Waals surface area contributed by atoms with Gasteiger partial charge in [0.15, 0.2) is 0 Å². The molecule has 0 aromatic heterocycles. The fraction of sp³-hybridized carbons (Fsp3) is 0.280. The van der Waals surface area contributed by atoms with Crippen LogP contribution in [0.5, 0.6) is 5.75 Å². The van der Waals surface area contributed by atoms with E-state index in [9.17, 15) is 0 Å². The van der Waals surface area contributed by atoms with Crippen molar-refractivity contribution >= 4 is 0 Å². The molecule has 3 rings (SSSR count). The van der Waals surface area contributed by atoms with Gasteiger partial charge < -0.3 is 10.1 Å². The maximum Gasteiger partial charge on any atom is 0.119 e. The van der Waals surface area contributed by atoms with Gasteiger partial charge in [0.1, 0.15) is 5.75 Å². The molecule has 0 bridgehead atoms. The molecule has 0 saturated carbocycles. The highest BCUT2D eigenvalue weighted by molar-refractivity contribution is 5.38. The van der Waals surface area contributed by atoms with Crippen molar-refractivity contribution in [3.05, 3.63) is 112 Å². The smallest absolute Gasteiger partial charge is 0.119 e. The van der Waals surface area contributed by atoms with Crippen LogP contribution in [0.2, 0.25) is 0 Å². The number of hydrogen-bond acceptors (Lipinski definition) is 3. The van der Waals surface area contributed by atoms with Crippen molar-refractivity contribution in [2.45, 2.75) is 31.8 Å². The summed E-state index contributed by atoms with van der Waals surface area (Å²) in [5.41, 5.74) is 13.5. The zero-order chi connectivity index (χ0) is 21.4. The topological polar surface area (TPSA) is 70.0 Å². The summed E-state index contributed by atoms with van der Waals surface area (Å²) in [6.07, 6.45) is 0. The van der Waals surface area contributed by atoms with Crippen molar-refractivity contribution in [1.82, 2.24) is 5.32 Å². The average Bonchev–Trinajstić information content (AvgIpc) is 2.80. The molecule has 5 heteroatoms. The van der Waals surface area contributed by atoms with Gasteiger partial charge in [-0.1, -0.05) is 85.7 Å². The fourth-order valence-electron chi connectivity index (χ4n) is 3.57. The molecule has 0 fully saturated rings. The van der Waals surface area contributed by atoms with Crippen LogP contribution < -0.4 is 10.1 Å². The number of hydrogen-bond donors (Lipinski definition) is 1. The van der Waals surface area contributed by atoms with Crippen LogP contribution in [-0.4, -0.2) is 13.7 Å². The Bertz CT molecular complexity index is 993. The summed E-state index contributed by atoms with van der Waals surface area (Å²) in [5.74, 6) is 0.785. The van der Waals surface area contributed by atoms with Crippen LogP contribution in [0.1, 0.15) is 42.1 Å². The molecule has 3 aromatic carbocycles. The first-order valence-electron chi connectivity index (χ1n) is 10.1. The van der Waals surface area contributed by atoms with Crippen LogP contribution in [0.3, 0.4) is 0 Å². The maximum absolute atomic E-state index is 8.75. The Morgan fingerprint density at radius 2 is 1.67 bits per heavy atom. The molecule has 0 unspecified atom stereocenters. The maximum atomic E-state index is 8.75. The lowest BCUT2D eigenvalue weighted by molar-refractivity contribution is 0.413. The van der Waals surface area contributed by atoms with Gasteiger partial charge in [0.05, 0.1) is 7.11 Å². The summed E-state index contributed by atoms with van der Waals surface area (Å²) >= 11 is 0. The van der Waals surface area contributed by atoms with E-state index in [0.717, 1.165) is 11.3 Å². The molecule has 0 aliphatic carbocycles. The van der Waals surface area contributed by atoms with E-state index in [4.69, 9.17) is 10.3 Å². The Hall–Kier alpha value is -3.27. The van der Waals surface area contributed by atoms with E-state index in [-0.39, 0.29) is 11.5 Å². The number of azide groups is 1. The van der Waals surface area contributed by atoms with Gasteiger partial charge in [0.25, 0.3) is 0 Å². The molecule has 1 atom stereocenters. The predicted octanol–water partition coefficient (Wildman–Crippen LogP) is 6.16. The van der Waals surface area contributed by atoms with Gasteiger partial charge >= 0.3 is 0 Å². The first kappa shape index (κ1) is 21.4. The Labute approximate surface area is 178 Å². The largest absolute Gasteiger partial charge is 0.497 e. The Morgan fingerprint density at radius 1 is 0.967 bits per heavy atom. The number of rotatable bonds is 9. The summed E-state index contributed by atoms with van der Waals surface area (Å²) in [5, 5.41) is 7.28. The molecule has 0 aliphatic heterocycles. The number of nitrogens with zero attached hydrogens (tertiary/aromatic N) is 3. The highest BCUT2D eigenvalue weighted by Crippen LogP contribution is 2.31. The summed E-state index contributed by atoms with van der Waals surface area (Å²) in [6, 6.07) is 27.0. The molecule has 0 spiro atoms. The molecular formula is C25H28N4O. The number of ether oxygens (including phenoxy) is 1. The van der Waals surface area contributed by atoms with E-state index >= 15 is 0 Å². The molecule has 3 aromatic rings. The van der Waals surface area contributed by atoms with Crippen molar-refractivity contribution in [3.63, 3.8) is 0 Å². The summed E-state index contributed by atoms with van der Waals surface area (Å²) in [7, 11) is 1.65. The van der Waals surface area contributed by atoms with Crippen LogP contribution in [0.4, 0.5) is 0 Å².